The zero-order chi connectivity index (χ0) is 14.4. The zero-order valence-electron chi connectivity index (χ0n) is 10.9. The van der Waals surface area contributed by atoms with Gasteiger partial charge in [-0.15, -0.1) is 11.3 Å². The van der Waals surface area contributed by atoms with Gasteiger partial charge in [-0.1, -0.05) is 6.07 Å². The second kappa shape index (κ2) is 7.37. The van der Waals surface area contributed by atoms with E-state index < -0.39 is 12.0 Å². The lowest BCUT2D eigenvalue weighted by molar-refractivity contribution is -0.138. The average molecular weight is 309 g/mol. The molecule has 0 aliphatic carbocycles. The van der Waals surface area contributed by atoms with Crippen LogP contribution in [0.1, 0.15) is 5.69 Å². The molecule has 106 valence electrons. The molecule has 0 saturated heterocycles. The van der Waals surface area contributed by atoms with E-state index >= 15 is 0 Å². The Morgan fingerprint density at radius 2 is 2.40 bits per heavy atom. The van der Waals surface area contributed by atoms with Crippen molar-refractivity contribution in [2.24, 2.45) is 0 Å². The van der Waals surface area contributed by atoms with Gasteiger partial charge in [0.05, 0.1) is 11.4 Å². The third-order valence-corrected chi connectivity index (χ3v) is 4.18. The number of hydrogen-bond donors (Lipinski definition) is 2. The summed E-state index contributed by atoms with van der Waals surface area (Å²) in [4.78, 5) is 19.7. The minimum absolute atomic E-state index is 0.445. The van der Waals surface area contributed by atoms with E-state index in [0.29, 0.717) is 12.3 Å². The molecule has 0 spiro atoms. The van der Waals surface area contributed by atoms with Gasteiger partial charge in [-0.25, -0.2) is 4.98 Å². The second-order valence-corrected chi connectivity index (χ2v) is 5.85. The SMILES string of the molecule is CSCC(NCc1csc(-c2ccccn2)n1)C(=O)O. The highest BCUT2D eigenvalue weighted by Crippen LogP contribution is 2.21. The highest BCUT2D eigenvalue weighted by atomic mass is 32.2. The van der Waals surface area contributed by atoms with Crippen molar-refractivity contribution in [3.63, 3.8) is 0 Å². The highest BCUT2D eigenvalue weighted by Gasteiger charge is 2.16. The number of pyridine rings is 1. The molecular formula is C13H15N3O2S2. The van der Waals surface area contributed by atoms with Crippen LogP contribution in [0.2, 0.25) is 0 Å². The summed E-state index contributed by atoms with van der Waals surface area (Å²) in [6.45, 7) is 0.445. The third-order valence-electron chi connectivity index (χ3n) is 2.60. The first kappa shape index (κ1) is 15.0. The summed E-state index contributed by atoms with van der Waals surface area (Å²) in [6.07, 6.45) is 3.62. The Morgan fingerprint density at radius 1 is 1.55 bits per heavy atom. The van der Waals surface area contributed by atoms with Crippen molar-refractivity contribution in [3.8, 4) is 10.7 Å². The molecule has 1 atom stereocenters. The molecule has 0 aliphatic heterocycles. The van der Waals surface area contributed by atoms with Gasteiger partial charge in [-0.2, -0.15) is 11.8 Å². The number of hydrogen-bond acceptors (Lipinski definition) is 6. The number of carboxylic acids is 1. The van der Waals surface area contributed by atoms with Crippen LogP contribution in [0.4, 0.5) is 0 Å². The van der Waals surface area contributed by atoms with Crippen LogP contribution in [0.15, 0.2) is 29.8 Å². The maximum Gasteiger partial charge on any atom is 0.321 e. The molecule has 2 heterocycles. The normalized spacial score (nSPS) is 12.2. The first-order valence-corrected chi connectivity index (χ1v) is 8.29. The van der Waals surface area contributed by atoms with Gasteiger partial charge in [0.1, 0.15) is 11.0 Å². The lowest BCUT2D eigenvalue weighted by Gasteiger charge is -2.11. The van der Waals surface area contributed by atoms with Crippen LogP contribution in [-0.2, 0) is 11.3 Å². The Bertz CT molecular complexity index is 560. The van der Waals surface area contributed by atoms with Crippen LogP contribution in [0.25, 0.3) is 10.7 Å². The molecule has 2 N–H and O–H groups in total. The molecule has 20 heavy (non-hydrogen) atoms. The fourth-order valence-electron chi connectivity index (χ4n) is 1.61. The van der Waals surface area contributed by atoms with Gasteiger partial charge in [0.2, 0.25) is 0 Å². The Balaban J connectivity index is 1.98. The average Bonchev–Trinajstić information content (AvgIpc) is 2.93. The van der Waals surface area contributed by atoms with Crippen molar-refractivity contribution in [2.75, 3.05) is 12.0 Å². The minimum atomic E-state index is -0.834. The van der Waals surface area contributed by atoms with E-state index in [1.54, 1.807) is 6.20 Å². The number of rotatable bonds is 7. The summed E-state index contributed by atoms with van der Waals surface area (Å²) < 4.78 is 0. The standard InChI is InChI=1S/C13H15N3O2S2/c1-19-8-11(13(17)18)15-6-9-7-20-12(16-9)10-4-2-3-5-14-10/h2-5,7,11,15H,6,8H2,1H3,(H,17,18). The number of carboxylic acid groups (broad SMARTS) is 1. The van der Waals surface area contributed by atoms with E-state index in [9.17, 15) is 4.79 Å². The van der Waals surface area contributed by atoms with Crippen LogP contribution in [0.3, 0.4) is 0 Å². The van der Waals surface area contributed by atoms with Gasteiger partial charge in [0, 0.05) is 23.9 Å². The minimum Gasteiger partial charge on any atom is -0.480 e. The lowest BCUT2D eigenvalue weighted by Crippen LogP contribution is -2.38. The Hall–Kier alpha value is -1.44. The van der Waals surface area contributed by atoms with E-state index in [1.165, 1.54) is 23.1 Å². The summed E-state index contributed by atoms with van der Waals surface area (Å²) in [5.41, 5.74) is 1.67. The molecule has 5 nitrogen and oxygen atoms in total. The summed E-state index contributed by atoms with van der Waals surface area (Å²) in [7, 11) is 0. The van der Waals surface area contributed by atoms with Crippen LogP contribution >= 0.6 is 23.1 Å². The third kappa shape index (κ3) is 4.03. The van der Waals surface area contributed by atoms with Crippen molar-refractivity contribution >= 4 is 29.1 Å². The summed E-state index contributed by atoms with van der Waals surface area (Å²) in [5.74, 6) is -0.299. The van der Waals surface area contributed by atoms with E-state index in [2.05, 4.69) is 15.3 Å². The van der Waals surface area contributed by atoms with Gasteiger partial charge in [0.15, 0.2) is 0 Å². The van der Waals surface area contributed by atoms with Crippen LogP contribution < -0.4 is 5.32 Å². The second-order valence-electron chi connectivity index (χ2n) is 4.09. The molecule has 0 aromatic carbocycles. The number of nitrogens with one attached hydrogen (secondary N) is 1. The first-order valence-electron chi connectivity index (χ1n) is 6.01. The molecule has 0 aliphatic rings. The fourth-order valence-corrected chi connectivity index (χ4v) is 3.00. The van der Waals surface area contributed by atoms with Crippen LogP contribution in [0, 0.1) is 0 Å². The quantitative estimate of drug-likeness (QED) is 0.816. The van der Waals surface area contributed by atoms with Gasteiger partial charge in [-0.05, 0) is 18.4 Å². The van der Waals surface area contributed by atoms with E-state index in [4.69, 9.17) is 5.11 Å². The van der Waals surface area contributed by atoms with Crippen LogP contribution in [0.5, 0.6) is 0 Å². The number of thiazole rings is 1. The summed E-state index contributed by atoms with van der Waals surface area (Å²) >= 11 is 3.01. The first-order chi connectivity index (χ1) is 9.70. The number of aromatic nitrogens is 2. The smallest absolute Gasteiger partial charge is 0.321 e. The molecule has 0 bridgehead atoms. The maximum absolute atomic E-state index is 11.0. The molecular weight excluding hydrogens is 294 g/mol. The molecule has 0 radical (unpaired) electrons. The van der Waals surface area contributed by atoms with E-state index in [1.807, 2.05) is 29.8 Å². The fraction of sp³-hybridized carbons (Fsp3) is 0.308. The van der Waals surface area contributed by atoms with E-state index in [0.717, 1.165) is 16.4 Å². The number of aliphatic carboxylic acids is 1. The van der Waals surface area contributed by atoms with Crippen molar-refractivity contribution in [1.82, 2.24) is 15.3 Å². The van der Waals surface area contributed by atoms with Crippen molar-refractivity contribution in [2.45, 2.75) is 12.6 Å². The Morgan fingerprint density at radius 3 is 3.05 bits per heavy atom. The van der Waals surface area contributed by atoms with Crippen LogP contribution in [-0.4, -0.2) is 39.1 Å². The van der Waals surface area contributed by atoms with Crippen molar-refractivity contribution < 1.29 is 9.90 Å². The maximum atomic E-state index is 11.0. The predicted octanol–water partition coefficient (Wildman–Crippen LogP) is 2.11. The largest absolute Gasteiger partial charge is 0.480 e. The molecule has 0 amide bonds. The predicted molar refractivity (Wildman–Crippen MR) is 82.0 cm³/mol. The molecule has 7 heteroatoms. The number of thioether (sulfide) groups is 1. The molecule has 2 aromatic heterocycles. The molecule has 2 aromatic rings. The molecule has 1 unspecified atom stereocenters. The Kier molecular flexibility index (Phi) is 5.51. The van der Waals surface area contributed by atoms with Gasteiger partial charge in [0.25, 0.3) is 0 Å². The van der Waals surface area contributed by atoms with Gasteiger partial charge in [-0.3, -0.25) is 15.1 Å². The zero-order valence-corrected chi connectivity index (χ0v) is 12.6. The molecule has 2 rings (SSSR count). The topological polar surface area (TPSA) is 75.1 Å². The summed E-state index contributed by atoms with van der Waals surface area (Å²) in [5, 5.41) is 14.8. The van der Waals surface area contributed by atoms with E-state index in [-0.39, 0.29) is 0 Å². The number of carbonyl (C=O) groups is 1. The van der Waals surface area contributed by atoms with Gasteiger partial charge >= 0.3 is 5.97 Å². The van der Waals surface area contributed by atoms with Gasteiger partial charge < -0.3 is 5.11 Å². The highest BCUT2D eigenvalue weighted by molar-refractivity contribution is 7.98. The molecule has 0 fully saturated rings. The summed E-state index contributed by atoms with van der Waals surface area (Å²) in [6, 6.07) is 5.13. The van der Waals surface area contributed by atoms with Crippen molar-refractivity contribution in [3.05, 3.63) is 35.5 Å². The molecule has 0 saturated carbocycles. The van der Waals surface area contributed by atoms with Crippen molar-refractivity contribution in [1.29, 1.82) is 0 Å². The number of nitrogens with zero attached hydrogens (tertiary/aromatic N) is 2. The Labute approximate surface area is 125 Å². The lowest BCUT2D eigenvalue weighted by atomic mass is 10.3. The monoisotopic (exact) mass is 309 g/mol.